The molecule has 19 heavy (non-hydrogen) atoms. The number of hydrogen-bond acceptors (Lipinski definition) is 7. The predicted molar refractivity (Wildman–Crippen MR) is 72.7 cm³/mol. The molecule has 0 fully saturated rings. The van der Waals surface area contributed by atoms with Crippen molar-refractivity contribution in [3.05, 3.63) is 22.2 Å². The Hall–Kier alpha value is -1.90. The molecular weight excluding hydrogens is 272 g/mol. The van der Waals surface area contributed by atoms with Gasteiger partial charge in [-0.05, 0) is 19.9 Å². The van der Waals surface area contributed by atoms with Gasteiger partial charge in [0.1, 0.15) is 5.82 Å². The first-order valence-electron chi connectivity index (χ1n) is 5.39. The van der Waals surface area contributed by atoms with E-state index >= 15 is 0 Å². The average molecular weight is 288 g/mol. The number of nitrogens with zero attached hydrogens (tertiary/aromatic N) is 2. The molecular formula is C10H16N4O4S. The normalized spacial score (nSPS) is 12.2. The van der Waals surface area contributed by atoms with Gasteiger partial charge in [-0.25, -0.2) is 13.4 Å². The number of nitro groups is 1. The highest BCUT2D eigenvalue weighted by Gasteiger charge is 2.30. The molecule has 9 heteroatoms. The third-order valence-electron chi connectivity index (χ3n) is 2.80. The summed E-state index contributed by atoms with van der Waals surface area (Å²) in [7, 11) is -3.23. The minimum atomic E-state index is -3.23. The Balaban J connectivity index is 2.86. The van der Waals surface area contributed by atoms with Gasteiger partial charge in [0.05, 0.1) is 9.67 Å². The number of sulfone groups is 1. The van der Waals surface area contributed by atoms with E-state index in [1.165, 1.54) is 12.1 Å². The van der Waals surface area contributed by atoms with Gasteiger partial charge in [0.15, 0.2) is 9.84 Å². The Morgan fingerprint density at radius 1 is 1.47 bits per heavy atom. The van der Waals surface area contributed by atoms with Gasteiger partial charge in [-0.2, -0.15) is 0 Å². The Morgan fingerprint density at radius 2 is 2.05 bits per heavy atom. The number of aromatic nitrogens is 1. The van der Waals surface area contributed by atoms with Crippen LogP contribution in [0, 0.1) is 10.1 Å². The summed E-state index contributed by atoms with van der Waals surface area (Å²) in [5.41, 5.74) is 5.15. The van der Waals surface area contributed by atoms with Crippen molar-refractivity contribution in [3.63, 3.8) is 0 Å². The van der Waals surface area contributed by atoms with Gasteiger partial charge in [-0.1, -0.05) is 0 Å². The average Bonchev–Trinajstić information content (AvgIpc) is 2.24. The maximum absolute atomic E-state index is 11.5. The van der Waals surface area contributed by atoms with E-state index < -0.39 is 19.5 Å². The molecule has 1 aromatic heterocycles. The topological polar surface area (TPSA) is 128 Å². The van der Waals surface area contributed by atoms with Crippen molar-refractivity contribution >= 4 is 27.2 Å². The molecule has 3 N–H and O–H groups in total. The number of nitrogens with one attached hydrogen (secondary N) is 1. The molecule has 0 radical (unpaired) electrons. The summed E-state index contributed by atoms with van der Waals surface area (Å²) in [4.78, 5) is 13.7. The van der Waals surface area contributed by atoms with Crippen LogP contribution in [0.4, 0.5) is 17.3 Å². The fourth-order valence-corrected chi connectivity index (χ4v) is 1.49. The first-order chi connectivity index (χ1) is 8.54. The van der Waals surface area contributed by atoms with E-state index in [0.29, 0.717) is 5.82 Å². The van der Waals surface area contributed by atoms with Crippen LogP contribution in [0.3, 0.4) is 0 Å². The first kappa shape index (κ1) is 15.2. The van der Waals surface area contributed by atoms with Crippen molar-refractivity contribution in [2.45, 2.75) is 18.6 Å². The largest absolute Gasteiger partial charge is 0.378 e. The molecule has 0 amide bonds. The van der Waals surface area contributed by atoms with E-state index in [1.807, 2.05) is 0 Å². The van der Waals surface area contributed by atoms with Gasteiger partial charge >= 0.3 is 5.69 Å². The maximum atomic E-state index is 11.5. The lowest BCUT2D eigenvalue weighted by Gasteiger charge is -2.23. The minimum Gasteiger partial charge on any atom is -0.378 e. The molecule has 0 aromatic carbocycles. The van der Waals surface area contributed by atoms with Crippen LogP contribution in [0.5, 0.6) is 0 Å². The summed E-state index contributed by atoms with van der Waals surface area (Å²) in [6, 6.07) is 2.60. The van der Waals surface area contributed by atoms with Crippen LogP contribution in [0.1, 0.15) is 13.8 Å². The lowest BCUT2D eigenvalue weighted by molar-refractivity contribution is -0.384. The zero-order valence-electron chi connectivity index (χ0n) is 10.9. The molecule has 1 aromatic rings. The van der Waals surface area contributed by atoms with Gasteiger partial charge in [0, 0.05) is 18.9 Å². The van der Waals surface area contributed by atoms with E-state index in [0.717, 1.165) is 6.26 Å². The van der Waals surface area contributed by atoms with Gasteiger partial charge in [0.2, 0.25) is 5.82 Å². The second-order valence-corrected chi connectivity index (χ2v) is 7.39. The SMILES string of the molecule is CC(C)(CNc1ccc([N+](=O)[O-])c(N)n1)S(C)(=O)=O. The lowest BCUT2D eigenvalue weighted by Crippen LogP contribution is -2.38. The summed E-state index contributed by atoms with van der Waals surface area (Å²) < 4.78 is 22.0. The van der Waals surface area contributed by atoms with Gasteiger partial charge in [0.25, 0.3) is 0 Å². The van der Waals surface area contributed by atoms with E-state index in [2.05, 4.69) is 10.3 Å². The third kappa shape index (κ3) is 3.53. The van der Waals surface area contributed by atoms with E-state index in [1.54, 1.807) is 13.8 Å². The molecule has 0 atom stereocenters. The summed E-state index contributed by atoms with van der Waals surface area (Å²) in [6.45, 7) is 3.27. The molecule has 0 saturated carbocycles. The summed E-state index contributed by atoms with van der Waals surface area (Å²) in [5.74, 6) is 0.0759. The highest BCUT2D eigenvalue weighted by Crippen LogP contribution is 2.22. The quantitative estimate of drug-likeness (QED) is 0.605. The number of hydrogen-bond donors (Lipinski definition) is 2. The van der Waals surface area contributed by atoms with Crippen LogP contribution in [0.2, 0.25) is 0 Å². The van der Waals surface area contributed by atoms with Crippen molar-refractivity contribution < 1.29 is 13.3 Å². The number of nitrogens with two attached hydrogens (primary N) is 1. The van der Waals surface area contributed by atoms with E-state index in [4.69, 9.17) is 5.73 Å². The standard InChI is InChI=1S/C10H16N4O4S/c1-10(2,19(3,17)18)6-12-8-5-4-7(14(15)16)9(11)13-8/h4-5H,6H2,1-3H3,(H3,11,12,13). The molecule has 1 heterocycles. The maximum Gasteiger partial charge on any atom is 0.311 e. The molecule has 0 saturated heterocycles. The number of rotatable bonds is 5. The van der Waals surface area contributed by atoms with Crippen LogP contribution < -0.4 is 11.1 Å². The first-order valence-corrected chi connectivity index (χ1v) is 7.28. The molecule has 0 aliphatic carbocycles. The van der Waals surface area contributed by atoms with Crippen LogP contribution in [-0.2, 0) is 9.84 Å². The number of nitrogen functional groups attached to an aromatic ring is 1. The monoisotopic (exact) mass is 288 g/mol. The fourth-order valence-electron chi connectivity index (χ4n) is 1.15. The molecule has 0 spiro atoms. The Labute approximate surface area is 111 Å². The zero-order valence-corrected chi connectivity index (χ0v) is 11.7. The van der Waals surface area contributed by atoms with E-state index in [9.17, 15) is 18.5 Å². The smallest absolute Gasteiger partial charge is 0.311 e. The molecule has 0 aliphatic heterocycles. The van der Waals surface area contributed by atoms with Crippen LogP contribution >= 0.6 is 0 Å². The Kier molecular flexibility index (Phi) is 3.99. The van der Waals surface area contributed by atoms with Crippen LogP contribution in [0.25, 0.3) is 0 Å². The van der Waals surface area contributed by atoms with Crippen molar-refractivity contribution in [1.82, 2.24) is 4.98 Å². The molecule has 1 rings (SSSR count). The van der Waals surface area contributed by atoms with Gasteiger partial charge in [-0.15, -0.1) is 0 Å². The summed E-state index contributed by atoms with van der Waals surface area (Å²) in [6.07, 6.45) is 1.15. The van der Waals surface area contributed by atoms with Crippen molar-refractivity contribution in [3.8, 4) is 0 Å². The number of anilines is 2. The van der Waals surface area contributed by atoms with Crippen LogP contribution in [-0.4, -0.2) is 35.9 Å². The molecule has 106 valence electrons. The fraction of sp³-hybridized carbons (Fsp3) is 0.500. The molecule has 8 nitrogen and oxygen atoms in total. The Morgan fingerprint density at radius 3 is 2.47 bits per heavy atom. The second-order valence-electron chi connectivity index (χ2n) is 4.74. The zero-order chi connectivity index (χ0) is 14.8. The van der Waals surface area contributed by atoms with Crippen LogP contribution in [0.15, 0.2) is 12.1 Å². The van der Waals surface area contributed by atoms with Gasteiger partial charge in [-0.3, -0.25) is 10.1 Å². The molecule has 0 unspecified atom stereocenters. The third-order valence-corrected chi connectivity index (χ3v) is 4.95. The van der Waals surface area contributed by atoms with Gasteiger partial charge < -0.3 is 11.1 Å². The predicted octanol–water partition coefficient (Wildman–Crippen LogP) is 0.807. The highest BCUT2D eigenvalue weighted by atomic mass is 32.2. The molecule has 0 bridgehead atoms. The highest BCUT2D eigenvalue weighted by molar-refractivity contribution is 7.92. The lowest BCUT2D eigenvalue weighted by atomic mass is 10.2. The molecule has 0 aliphatic rings. The Bertz CT molecular complexity index is 598. The second kappa shape index (κ2) is 5.00. The van der Waals surface area contributed by atoms with E-state index in [-0.39, 0.29) is 18.1 Å². The van der Waals surface area contributed by atoms with Crippen molar-refractivity contribution in [1.29, 1.82) is 0 Å². The van der Waals surface area contributed by atoms with Crippen molar-refractivity contribution in [2.75, 3.05) is 23.9 Å². The summed E-state index contributed by atoms with van der Waals surface area (Å²) >= 11 is 0. The minimum absolute atomic E-state index is 0.121. The van der Waals surface area contributed by atoms with Crippen molar-refractivity contribution in [2.24, 2.45) is 0 Å². The summed E-state index contributed by atoms with van der Waals surface area (Å²) in [5, 5.41) is 13.4. The number of pyridine rings is 1.